The van der Waals surface area contributed by atoms with Gasteiger partial charge >= 0.3 is 0 Å². The van der Waals surface area contributed by atoms with Crippen LogP contribution < -0.4 is 0 Å². The number of thiophene rings is 1. The molecule has 0 unspecified atom stereocenters. The minimum Gasteiger partial charge on any atom is -0.388 e. The molecule has 0 amide bonds. The molecule has 1 fully saturated rings. The molecule has 1 aliphatic rings. The lowest BCUT2D eigenvalue weighted by molar-refractivity contribution is 0.0326. The van der Waals surface area contributed by atoms with Crippen molar-refractivity contribution in [2.75, 3.05) is 12.0 Å². The topological polar surface area (TPSA) is 74.0 Å². The number of aromatic nitrogens is 1. The number of benzene rings is 1. The van der Waals surface area contributed by atoms with E-state index in [1.807, 2.05) is 53.9 Å². The van der Waals surface area contributed by atoms with Crippen molar-refractivity contribution >= 4 is 33.9 Å². The number of aliphatic hydroxyl groups is 1. The summed E-state index contributed by atoms with van der Waals surface area (Å²) >= 11 is 3.01. The number of pyridine rings is 1. The summed E-state index contributed by atoms with van der Waals surface area (Å²) in [6.07, 6.45) is 4.99. The van der Waals surface area contributed by atoms with Crippen molar-refractivity contribution in [3.8, 4) is 27.8 Å². The van der Waals surface area contributed by atoms with Gasteiger partial charge in [0, 0.05) is 28.4 Å². The zero-order valence-corrected chi connectivity index (χ0v) is 19.7. The van der Waals surface area contributed by atoms with E-state index in [2.05, 4.69) is 6.07 Å². The van der Waals surface area contributed by atoms with E-state index in [0.29, 0.717) is 22.8 Å². The van der Waals surface area contributed by atoms with Gasteiger partial charge in [0.1, 0.15) is 11.1 Å². The number of thioether (sulfide) groups is 1. The number of nitrogens with zero attached hydrogens (tertiary/aromatic N) is 2. The molecule has 0 saturated heterocycles. The Morgan fingerprint density at radius 2 is 2.10 bits per heavy atom. The Balaban J connectivity index is 1.75. The van der Waals surface area contributed by atoms with Gasteiger partial charge in [0.2, 0.25) is 0 Å². The summed E-state index contributed by atoms with van der Waals surface area (Å²) in [4.78, 5) is 5.86. The molecule has 0 bridgehead atoms. The van der Waals surface area contributed by atoms with Gasteiger partial charge in [0.15, 0.2) is 0 Å². The highest BCUT2D eigenvalue weighted by Crippen LogP contribution is 2.39. The van der Waals surface area contributed by atoms with Crippen LogP contribution in [0.2, 0.25) is 0 Å². The van der Waals surface area contributed by atoms with Crippen molar-refractivity contribution in [2.24, 2.45) is 0 Å². The molecule has 0 spiro atoms. The van der Waals surface area contributed by atoms with Crippen LogP contribution in [-0.4, -0.2) is 37.2 Å². The van der Waals surface area contributed by atoms with Gasteiger partial charge in [-0.05, 0) is 35.9 Å². The smallest absolute Gasteiger partial charge is 0.115 e. The molecule has 1 aromatic carbocycles. The summed E-state index contributed by atoms with van der Waals surface area (Å²) in [7, 11) is -1.10. The largest absolute Gasteiger partial charge is 0.388 e. The van der Waals surface area contributed by atoms with Gasteiger partial charge in [0.05, 0.1) is 27.0 Å². The minimum absolute atomic E-state index is 0.242. The summed E-state index contributed by atoms with van der Waals surface area (Å²) in [5.74, 6) is 0.376. The lowest BCUT2D eigenvalue weighted by atomic mass is 9.86. The fraction of sp³-hybridized carbons (Fsp3) is 0.333. The van der Waals surface area contributed by atoms with Crippen LogP contribution in [0.5, 0.6) is 0 Å². The molecule has 4 rings (SSSR count). The standard InChI is InChI=1S/C24H24N2O2S3/c1-31(28)22-11-5-6-12-24(22,27)16-30-23-19(15-25)18(17-8-3-2-4-9-17)14-20(26-23)21-10-7-13-29-21/h2-4,7-10,13-14,22,27H,5-6,11-12,16H2,1H3/t22-,24-,31-/m1/s1. The van der Waals surface area contributed by atoms with Crippen LogP contribution in [0.3, 0.4) is 0 Å². The molecule has 1 saturated carbocycles. The van der Waals surface area contributed by atoms with E-state index in [9.17, 15) is 14.6 Å². The van der Waals surface area contributed by atoms with Crippen LogP contribution in [0, 0.1) is 11.3 Å². The Bertz CT molecular complexity index is 1110. The van der Waals surface area contributed by atoms with Crippen LogP contribution in [0.25, 0.3) is 21.7 Å². The SMILES string of the molecule is C[S@@](=O)[C@@H]1CCCC[C@@]1(O)CSc1nc(-c2cccs2)cc(-c2ccccc2)c1C#N. The van der Waals surface area contributed by atoms with Gasteiger partial charge in [-0.2, -0.15) is 5.26 Å². The third kappa shape index (κ3) is 4.78. The zero-order chi connectivity index (χ0) is 21.8. The highest BCUT2D eigenvalue weighted by molar-refractivity contribution is 7.99. The highest BCUT2D eigenvalue weighted by Gasteiger charge is 2.41. The van der Waals surface area contributed by atoms with E-state index in [0.717, 1.165) is 41.0 Å². The van der Waals surface area contributed by atoms with Crippen molar-refractivity contribution in [3.05, 3.63) is 59.5 Å². The third-order valence-corrected chi connectivity index (χ3v) is 9.32. The monoisotopic (exact) mass is 468 g/mol. The first-order valence-corrected chi connectivity index (χ1v) is 13.7. The molecule has 7 heteroatoms. The Morgan fingerprint density at radius 3 is 2.77 bits per heavy atom. The fourth-order valence-electron chi connectivity index (χ4n) is 4.15. The highest BCUT2D eigenvalue weighted by atomic mass is 32.2. The second-order valence-electron chi connectivity index (χ2n) is 7.82. The van der Waals surface area contributed by atoms with Gasteiger partial charge in [-0.3, -0.25) is 4.21 Å². The van der Waals surface area contributed by atoms with Crippen LogP contribution >= 0.6 is 23.1 Å². The quantitative estimate of drug-likeness (QED) is 0.484. The number of hydrogen-bond donors (Lipinski definition) is 1. The van der Waals surface area contributed by atoms with E-state index < -0.39 is 16.4 Å². The van der Waals surface area contributed by atoms with Gasteiger partial charge < -0.3 is 5.11 Å². The Kier molecular flexibility index (Phi) is 6.92. The van der Waals surface area contributed by atoms with Crippen molar-refractivity contribution < 1.29 is 9.32 Å². The predicted octanol–water partition coefficient (Wildman–Crippen LogP) is 5.49. The summed E-state index contributed by atoms with van der Waals surface area (Å²) in [6.45, 7) is 0. The van der Waals surface area contributed by atoms with Crippen molar-refractivity contribution in [1.82, 2.24) is 4.98 Å². The maximum absolute atomic E-state index is 12.3. The van der Waals surface area contributed by atoms with Crippen LogP contribution in [0.4, 0.5) is 0 Å². The van der Waals surface area contributed by atoms with E-state index in [-0.39, 0.29) is 5.25 Å². The van der Waals surface area contributed by atoms with Crippen molar-refractivity contribution in [1.29, 1.82) is 5.26 Å². The minimum atomic E-state index is -1.10. The molecule has 2 aromatic heterocycles. The van der Waals surface area contributed by atoms with Crippen molar-refractivity contribution in [2.45, 2.75) is 41.6 Å². The average Bonchev–Trinajstić information content (AvgIpc) is 3.33. The second kappa shape index (κ2) is 9.66. The van der Waals surface area contributed by atoms with E-state index >= 15 is 0 Å². The molecule has 0 radical (unpaired) electrons. The Morgan fingerprint density at radius 1 is 1.29 bits per heavy atom. The van der Waals surface area contributed by atoms with Gasteiger partial charge in [-0.25, -0.2) is 4.98 Å². The number of hydrogen-bond acceptors (Lipinski definition) is 6. The molecule has 3 atom stereocenters. The third-order valence-electron chi connectivity index (χ3n) is 5.74. The maximum Gasteiger partial charge on any atom is 0.115 e. The fourth-order valence-corrected chi connectivity index (χ4v) is 7.46. The molecular weight excluding hydrogens is 444 g/mol. The lowest BCUT2D eigenvalue weighted by Gasteiger charge is -2.38. The second-order valence-corrected chi connectivity index (χ2v) is 11.3. The molecule has 1 aliphatic carbocycles. The van der Waals surface area contributed by atoms with Gasteiger partial charge in [-0.1, -0.05) is 49.2 Å². The van der Waals surface area contributed by atoms with E-state index in [1.54, 1.807) is 17.6 Å². The predicted molar refractivity (Wildman–Crippen MR) is 130 cm³/mol. The number of rotatable bonds is 6. The lowest BCUT2D eigenvalue weighted by Crippen LogP contribution is -2.49. The first kappa shape index (κ1) is 22.2. The Hall–Kier alpha value is -1.98. The zero-order valence-electron chi connectivity index (χ0n) is 17.3. The molecule has 4 nitrogen and oxygen atoms in total. The van der Waals surface area contributed by atoms with E-state index in [1.165, 1.54) is 11.8 Å². The van der Waals surface area contributed by atoms with Gasteiger partial charge in [0.25, 0.3) is 0 Å². The molecule has 31 heavy (non-hydrogen) atoms. The molecule has 0 aliphatic heterocycles. The average molecular weight is 469 g/mol. The molecule has 2 heterocycles. The van der Waals surface area contributed by atoms with Crippen LogP contribution in [0.15, 0.2) is 58.9 Å². The normalized spacial score (nSPS) is 22.0. The number of nitriles is 1. The summed E-state index contributed by atoms with van der Waals surface area (Å²) in [5, 5.41) is 23.7. The molecular formula is C24H24N2O2S3. The first-order valence-electron chi connectivity index (χ1n) is 10.2. The van der Waals surface area contributed by atoms with Crippen molar-refractivity contribution in [3.63, 3.8) is 0 Å². The summed E-state index contributed by atoms with van der Waals surface area (Å²) in [6, 6.07) is 18.2. The molecule has 1 N–H and O–H groups in total. The Labute approximate surface area is 193 Å². The van der Waals surface area contributed by atoms with E-state index in [4.69, 9.17) is 4.98 Å². The molecule has 3 aromatic rings. The van der Waals surface area contributed by atoms with Gasteiger partial charge in [-0.15, -0.1) is 23.1 Å². The van der Waals surface area contributed by atoms with Crippen LogP contribution in [-0.2, 0) is 10.8 Å². The summed E-state index contributed by atoms with van der Waals surface area (Å²) < 4.78 is 12.3. The first-order chi connectivity index (χ1) is 15.0. The van der Waals surface area contributed by atoms with Crippen LogP contribution in [0.1, 0.15) is 31.2 Å². The molecule has 160 valence electrons. The summed E-state index contributed by atoms with van der Waals surface area (Å²) in [5.41, 5.74) is 2.13. The maximum atomic E-state index is 12.3.